The van der Waals surface area contributed by atoms with Gasteiger partial charge in [-0.3, -0.25) is 9.78 Å². The van der Waals surface area contributed by atoms with Crippen LogP contribution < -0.4 is 14.5 Å². The lowest BCUT2D eigenvalue weighted by Gasteiger charge is -2.41. The zero-order chi connectivity index (χ0) is 31.5. The summed E-state index contributed by atoms with van der Waals surface area (Å²) in [4.78, 5) is 38.7. The van der Waals surface area contributed by atoms with Crippen LogP contribution in [0.5, 0.6) is 6.01 Å². The van der Waals surface area contributed by atoms with Crippen molar-refractivity contribution in [3.05, 3.63) is 71.2 Å². The van der Waals surface area contributed by atoms with E-state index >= 15 is 0 Å². The zero-order valence-electron chi connectivity index (χ0n) is 26.2. The summed E-state index contributed by atoms with van der Waals surface area (Å²) in [6.07, 6.45) is 8.48. The molecule has 2 fully saturated rings. The number of carbonyl (C=O) groups is 1. The number of nitrogens with zero attached hydrogens (tertiary/aromatic N) is 8. The predicted octanol–water partition coefficient (Wildman–Crippen LogP) is 4.43. The molecule has 0 unspecified atom stereocenters. The average molecular weight is 613 g/mol. The first-order valence-corrected chi connectivity index (χ1v) is 15.8. The number of piperazine rings is 1. The molecule has 1 amide bonds. The average Bonchev–Trinajstić information content (AvgIpc) is 3.02. The summed E-state index contributed by atoms with van der Waals surface area (Å²) >= 11 is 0. The van der Waals surface area contributed by atoms with Crippen LogP contribution in [0.4, 0.5) is 15.9 Å². The van der Waals surface area contributed by atoms with E-state index in [0.29, 0.717) is 38.7 Å². The number of carbonyl (C=O) groups excluding carboxylic acids is 1. The molecule has 6 rings (SSSR count). The third kappa shape index (κ3) is 6.57. The highest BCUT2D eigenvalue weighted by atomic mass is 19.1. The molecule has 2 aromatic heterocycles. The van der Waals surface area contributed by atoms with E-state index in [-0.39, 0.29) is 13.1 Å². The Bertz CT molecular complexity index is 1610. The highest BCUT2D eigenvalue weighted by molar-refractivity contribution is 5.96. The van der Waals surface area contributed by atoms with Gasteiger partial charge in [0.05, 0.1) is 24.1 Å². The molecule has 0 spiro atoms. The smallest absolute Gasteiger partial charge is 0.318 e. The van der Waals surface area contributed by atoms with Crippen LogP contribution in [0.15, 0.2) is 43.0 Å². The molecule has 1 atom stereocenters. The molecule has 1 saturated heterocycles. The number of halogens is 1. The molecule has 236 valence electrons. The molecule has 3 aliphatic rings. The molecular weight excluding hydrogens is 571 g/mol. The van der Waals surface area contributed by atoms with Gasteiger partial charge in [-0.15, -0.1) is 0 Å². The second-order valence-corrected chi connectivity index (χ2v) is 12.5. The molecule has 1 aromatic carbocycles. The van der Waals surface area contributed by atoms with Gasteiger partial charge in [0.1, 0.15) is 18.5 Å². The van der Waals surface area contributed by atoms with Crippen LogP contribution in [-0.2, 0) is 17.8 Å². The van der Waals surface area contributed by atoms with Crippen molar-refractivity contribution in [3.63, 3.8) is 0 Å². The SMILES string of the molecule is [C-]#[N+]C[C@H]1CN(c2nc(OCCN(C)CC3CCC3)nc3c2CCN(c2cncc4cccc(C)c24)C3)CCN1C(=O)C(=C)F. The highest BCUT2D eigenvalue weighted by Crippen LogP contribution is 2.35. The molecule has 45 heavy (non-hydrogen) atoms. The maximum absolute atomic E-state index is 13.8. The summed E-state index contributed by atoms with van der Waals surface area (Å²) in [5, 5.41) is 2.29. The van der Waals surface area contributed by atoms with E-state index in [1.165, 1.54) is 35.1 Å². The number of fused-ring (bicyclic) bond motifs is 2. The molecule has 2 aliphatic heterocycles. The third-order valence-electron chi connectivity index (χ3n) is 9.41. The minimum absolute atomic E-state index is 0.0701. The molecule has 4 heterocycles. The maximum atomic E-state index is 13.8. The summed E-state index contributed by atoms with van der Waals surface area (Å²) in [6.45, 7) is 17.6. The van der Waals surface area contributed by atoms with E-state index in [1.54, 1.807) is 0 Å². The Hall–Kier alpha value is -4.30. The monoisotopic (exact) mass is 612 g/mol. The van der Waals surface area contributed by atoms with Crippen molar-refractivity contribution in [2.45, 2.75) is 45.2 Å². The molecule has 0 N–H and O–H groups in total. The lowest BCUT2D eigenvalue weighted by atomic mass is 9.85. The van der Waals surface area contributed by atoms with Gasteiger partial charge in [0, 0.05) is 61.8 Å². The number of aromatic nitrogens is 3. The van der Waals surface area contributed by atoms with Crippen LogP contribution >= 0.6 is 0 Å². The minimum atomic E-state index is -1.01. The van der Waals surface area contributed by atoms with E-state index in [4.69, 9.17) is 21.3 Å². The standard InChI is InChI=1S/C34H41FN8O2/c1-23-7-5-10-26-17-37-19-30(31(23)26)41-12-11-28-29(22-41)38-34(45-16-15-40(4)20-25-8-6-9-25)39-32(28)42-13-14-43(33(44)24(2)35)27(21-42)18-36-3/h5,7,10,17,19,25,27H,2,6,8-9,11-16,18,20-22H2,1,4H3/t27-/m0/s1. The molecule has 3 aromatic rings. The summed E-state index contributed by atoms with van der Waals surface area (Å²) < 4.78 is 20.0. The van der Waals surface area contributed by atoms with Crippen molar-refractivity contribution in [1.82, 2.24) is 24.8 Å². The number of hydrogen-bond donors (Lipinski definition) is 0. The number of pyridine rings is 1. The molecule has 11 heteroatoms. The van der Waals surface area contributed by atoms with Crippen molar-refractivity contribution in [2.75, 3.05) is 69.3 Å². The van der Waals surface area contributed by atoms with Crippen molar-refractivity contribution in [3.8, 4) is 6.01 Å². The zero-order valence-corrected chi connectivity index (χ0v) is 26.2. The topological polar surface area (TPSA) is 82.3 Å². The number of rotatable bonds is 10. The predicted molar refractivity (Wildman–Crippen MR) is 173 cm³/mol. The molecule has 1 aliphatic carbocycles. The second-order valence-electron chi connectivity index (χ2n) is 12.5. The Morgan fingerprint density at radius 1 is 1.20 bits per heavy atom. The summed E-state index contributed by atoms with van der Waals surface area (Å²) in [7, 11) is 2.13. The first kappa shape index (κ1) is 30.7. The van der Waals surface area contributed by atoms with Gasteiger partial charge < -0.3 is 29.2 Å². The van der Waals surface area contributed by atoms with Crippen LogP contribution in [0.2, 0.25) is 0 Å². The van der Waals surface area contributed by atoms with Gasteiger partial charge in [0.25, 0.3) is 5.91 Å². The Balaban J connectivity index is 1.28. The molecular formula is C34H41FN8O2. The van der Waals surface area contributed by atoms with Gasteiger partial charge in [-0.05, 0) is 44.7 Å². The number of hydrogen-bond acceptors (Lipinski definition) is 8. The number of amides is 1. The summed E-state index contributed by atoms with van der Waals surface area (Å²) in [5.41, 5.74) is 4.21. The van der Waals surface area contributed by atoms with Crippen LogP contribution in [0, 0.1) is 19.4 Å². The van der Waals surface area contributed by atoms with Crippen LogP contribution in [0.25, 0.3) is 15.6 Å². The first-order chi connectivity index (χ1) is 21.8. The van der Waals surface area contributed by atoms with Crippen molar-refractivity contribution in [1.29, 1.82) is 0 Å². The fraction of sp³-hybridized carbons (Fsp3) is 0.500. The first-order valence-electron chi connectivity index (χ1n) is 15.8. The van der Waals surface area contributed by atoms with Crippen LogP contribution in [-0.4, -0.2) is 96.2 Å². The Morgan fingerprint density at radius 3 is 2.80 bits per heavy atom. The van der Waals surface area contributed by atoms with Gasteiger partial charge in [-0.2, -0.15) is 9.97 Å². The number of benzene rings is 1. The normalized spacial score (nSPS) is 18.5. The van der Waals surface area contributed by atoms with Crippen LogP contribution in [0.1, 0.15) is 36.1 Å². The second kappa shape index (κ2) is 13.4. The summed E-state index contributed by atoms with van der Waals surface area (Å²) in [6, 6.07) is 6.12. The number of likely N-dealkylation sites (N-methyl/N-ethyl adjacent to an activating group) is 1. The van der Waals surface area contributed by atoms with Gasteiger partial charge in [-0.25, -0.2) is 11.0 Å². The molecule has 0 bridgehead atoms. The van der Waals surface area contributed by atoms with Gasteiger partial charge in [-0.1, -0.05) is 31.2 Å². The highest BCUT2D eigenvalue weighted by Gasteiger charge is 2.36. The lowest BCUT2D eigenvalue weighted by Crippen LogP contribution is -2.57. The number of anilines is 2. The Morgan fingerprint density at radius 2 is 2.04 bits per heavy atom. The van der Waals surface area contributed by atoms with E-state index < -0.39 is 17.8 Å². The van der Waals surface area contributed by atoms with E-state index in [0.717, 1.165) is 53.7 Å². The van der Waals surface area contributed by atoms with E-state index in [1.807, 2.05) is 12.4 Å². The van der Waals surface area contributed by atoms with Crippen LogP contribution in [0.3, 0.4) is 0 Å². The third-order valence-corrected chi connectivity index (χ3v) is 9.41. The van der Waals surface area contributed by atoms with Crippen molar-refractivity contribution in [2.24, 2.45) is 5.92 Å². The fourth-order valence-electron chi connectivity index (χ4n) is 6.79. The number of aryl methyl sites for hydroxylation is 1. The summed E-state index contributed by atoms with van der Waals surface area (Å²) in [5.74, 6) is -0.208. The quantitative estimate of drug-likeness (QED) is 0.246. The van der Waals surface area contributed by atoms with Gasteiger partial charge >= 0.3 is 6.01 Å². The molecule has 0 radical (unpaired) electrons. The minimum Gasteiger partial charge on any atom is -0.462 e. The maximum Gasteiger partial charge on any atom is 0.318 e. The van der Waals surface area contributed by atoms with Crippen molar-refractivity contribution >= 4 is 28.2 Å². The fourth-order valence-corrected chi connectivity index (χ4v) is 6.79. The van der Waals surface area contributed by atoms with Gasteiger partial charge in [0.2, 0.25) is 6.54 Å². The molecule has 10 nitrogen and oxygen atoms in total. The largest absolute Gasteiger partial charge is 0.462 e. The van der Waals surface area contributed by atoms with E-state index in [9.17, 15) is 9.18 Å². The number of ether oxygens (including phenoxy) is 1. The Labute approximate surface area is 264 Å². The van der Waals surface area contributed by atoms with E-state index in [2.05, 4.69) is 63.3 Å². The lowest BCUT2D eigenvalue weighted by molar-refractivity contribution is -0.131. The Kier molecular flexibility index (Phi) is 9.12. The molecule has 1 saturated carbocycles. The van der Waals surface area contributed by atoms with Gasteiger partial charge in [0.15, 0.2) is 5.83 Å². The van der Waals surface area contributed by atoms with Crippen molar-refractivity contribution < 1.29 is 13.9 Å².